The molecule has 0 radical (unpaired) electrons. The van der Waals surface area contributed by atoms with Gasteiger partial charge in [0.2, 0.25) is 17.7 Å². The molecule has 3 amide bonds. The molecule has 0 aliphatic carbocycles. The van der Waals surface area contributed by atoms with Crippen LogP contribution in [-0.2, 0) is 14.4 Å². The van der Waals surface area contributed by atoms with Crippen molar-refractivity contribution in [2.45, 2.75) is 56.2 Å². The first kappa shape index (κ1) is 27.5. The number of benzene rings is 2. The Morgan fingerprint density at radius 2 is 1.67 bits per heavy atom. The highest BCUT2D eigenvalue weighted by Gasteiger charge is 2.76. The van der Waals surface area contributed by atoms with Crippen molar-refractivity contribution in [1.29, 1.82) is 0 Å². The maximum Gasteiger partial charge on any atom is 0.248 e. The zero-order valence-corrected chi connectivity index (χ0v) is 23.8. The minimum Gasteiger partial charge on any atom is -0.394 e. The van der Waals surface area contributed by atoms with E-state index in [-0.39, 0.29) is 35.5 Å². The molecule has 3 unspecified atom stereocenters. The largest absolute Gasteiger partial charge is 0.394 e. The number of fused-ring (bicyclic) bond motifs is 1. The normalized spacial score (nSPS) is 29.7. The molecule has 2 bridgehead atoms. The number of amides is 3. The summed E-state index contributed by atoms with van der Waals surface area (Å²) in [6.45, 7) is 9.57. The summed E-state index contributed by atoms with van der Waals surface area (Å²) < 4.78 is -0.741. The molecule has 2 aromatic rings. The number of aliphatic hydroxyl groups is 1. The van der Waals surface area contributed by atoms with Gasteiger partial charge in [-0.1, -0.05) is 25.1 Å². The summed E-state index contributed by atoms with van der Waals surface area (Å²) >= 11 is 1.63. The Balaban J connectivity index is 1.46. The number of rotatable bonds is 9. The second-order valence-corrected chi connectivity index (χ2v) is 12.4. The van der Waals surface area contributed by atoms with Crippen LogP contribution < -0.4 is 15.5 Å². The van der Waals surface area contributed by atoms with Gasteiger partial charge in [0.05, 0.1) is 29.2 Å². The molecule has 208 valence electrons. The maximum absolute atomic E-state index is 14.1. The monoisotopic (exact) mass is 550 g/mol. The molecular formula is C30H38N4O4S. The summed E-state index contributed by atoms with van der Waals surface area (Å²) in [6.07, 6.45) is 0.755. The van der Waals surface area contributed by atoms with Crippen LogP contribution in [0.5, 0.6) is 0 Å². The van der Waals surface area contributed by atoms with E-state index >= 15 is 0 Å². The van der Waals surface area contributed by atoms with E-state index in [2.05, 4.69) is 36.3 Å². The van der Waals surface area contributed by atoms with Crippen LogP contribution in [0.4, 0.5) is 17.1 Å². The van der Waals surface area contributed by atoms with Gasteiger partial charge in [-0.05, 0) is 69.5 Å². The van der Waals surface area contributed by atoms with Crippen molar-refractivity contribution < 1.29 is 19.5 Å². The third-order valence-electron chi connectivity index (χ3n) is 8.78. The van der Waals surface area contributed by atoms with Crippen molar-refractivity contribution >= 4 is 46.5 Å². The summed E-state index contributed by atoms with van der Waals surface area (Å²) in [5, 5.41) is 16.1. The van der Waals surface area contributed by atoms with Crippen LogP contribution in [0.3, 0.4) is 0 Å². The molecule has 3 N–H and O–H groups in total. The fourth-order valence-corrected chi connectivity index (χ4v) is 9.33. The summed E-state index contributed by atoms with van der Waals surface area (Å²) in [5.74, 6) is -1.79. The Kier molecular flexibility index (Phi) is 7.66. The standard InChI is InChI=1S/C30H38N4O4S/c1-5-33(6-2)22-14-12-21(13-15-22)32-28(37)26-30-18(3)16-23(39-30)24(25(30)29(38)34(26)19(4)17-35)27(36)31-20-10-8-7-9-11-20/h7-15,18-19,23-26,35H,5-6,16-17H2,1-4H3,(H,31,36)(H,32,37)/t18?,19-,23-,24+,25+,26?,30?/m1/s1. The zero-order valence-electron chi connectivity index (χ0n) is 23.0. The van der Waals surface area contributed by atoms with Gasteiger partial charge in [0.25, 0.3) is 0 Å². The maximum atomic E-state index is 14.1. The number of anilines is 3. The summed E-state index contributed by atoms with van der Waals surface area (Å²) in [4.78, 5) is 45.5. The summed E-state index contributed by atoms with van der Waals surface area (Å²) in [6, 6.07) is 15.6. The average molecular weight is 551 g/mol. The van der Waals surface area contributed by atoms with E-state index in [4.69, 9.17) is 0 Å². The van der Waals surface area contributed by atoms with Gasteiger partial charge in [0.15, 0.2) is 0 Å². The van der Waals surface area contributed by atoms with Crippen molar-refractivity contribution in [2.24, 2.45) is 17.8 Å². The van der Waals surface area contributed by atoms with Crippen molar-refractivity contribution in [3.05, 3.63) is 54.6 Å². The molecule has 3 heterocycles. The Labute approximate surface area is 234 Å². The number of nitrogens with one attached hydrogen (secondary N) is 2. The third-order valence-corrected chi connectivity index (χ3v) is 10.9. The van der Waals surface area contributed by atoms with E-state index in [9.17, 15) is 19.5 Å². The minimum absolute atomic E-state index is 0.0482. The highest BCUT2D eigenvalue weighted by atomic mass is 32.2. The number of carbonyl (C=O) groups excluding carboxylic acids is 3. The van der Waals surface area contributed by atoms with Crippen LogP contribution in [-0.4, -0.2) is 69.5 Å². The lowest BCUT2D eigenvalue weighted by Crippen LogP contribution is -2.56. The molecular weight excluding hydrogens is 512 g/mol. The van der Waals surface area contributed by atoms with E-state index < -0.39 is 28.7 Å². The molecule has 3 aliphatic rings. The first-order valence-corrected chi connectivity index (χ1v) is 14.8. The number of nitrogens with zero attached hydrogens (tertiary/aromatic N) is 2. The molecule has 3 saturated heterocycles. The highest BCUT2D eigenvalue weighted by Crippen LogP contribution is 2.68. The van der Waals surface area contributed by atoms with Gasteiger partial charge in [-0.3, -0.25) is 14.4 Å². The van der Waals surface area contributed by atoms with Gasteiger partial charge < -0.3 is 25.5 Å². The minimum atomic E-state index is -0.792. The smallest absolute Gasteiger partial charge is 0.248 e. The van der Waals surface area contributed by atoms with Gasteiger partial charge in [0, 0.05) is 35.4 Å². The fraction of sp³-hybridized carbons (Fsp3) is 0.500. The molecule has 0 saturated carbocycles. The molecule has 3 fully saturated rings. The Bertz CT molecular complexity index is 1220. The van der Waals surface area contributed by atoms with Crippen molar-refractivity contribution in [2.75, 3.05) is 35.2 Å². The second kappa shape index (κ2) is 10.8. The predicted octanol–water partition coefficient (Wildman–Crippen LogP) is 3.83. The van der Waals surface area contributed by atoms with Gasteiger partial charge >= 0.3 is 0 Å². The first-order valence-electron chi connectivity index (χ1n) is 13.9. The van der Waals surface area contributed by atoms with E-state index in [0.717, 1.165) is 25.2 Å². The van der Waals surface area contributed by atoms with E-state index in [1.54, 1.807) is 23.6 Å². The highest BCUT2D eigenvalue weighted by molar-refractivity contribution is 8.02. The number of thioether (sulfide) groups is 1. The quantitative estimate of drug-likeness (QED) is 0.439. The van der Waals surface area contributed by atoms with Crippen LogP contribution in [0.25, 0.3) is 0 Å². The van der Waals surface area contributed by atoms with Gasteiger partial charge in [-0.2, -0.15) is 0 Å². The molecule has 3 aliphatic heterocycles. The molecule has 39 heavy (non-hydrogen) atoms. The van der Waals surface area contributed by atoms with Crippen LogP contribution in [0.15, 0.2) is 54.6 Å². The van der Waals surface area contributed by atoms with Crippen LogP contribution in [0.1, 0.15) is 34.1 Å². The molecule has 1 spiro atoms. The van der Waals surface area contributed by atoms with Gasteiger partial charge in [-0.25, -0.2) is 0 Å². The topological polar surface area (TPSA) is 102 Å². The van der Waals surface area contributed by atoms with Crippen LogP contribution in [0.2, 0.25) is 0 Å². The van der Waals surface area contributed by atoms with Crippen LogP contribution in [0, 0.1) is 17.8 Å². The van der Waals surface area contributed by atoms with Crippen molar-refractivity contribution in [3.63, 3.8) is 0 Å². The molecule has 8 nitrogen and oxygen atoms in total. The Hall–Kier alpha value is -3.04. The second-order valence-electron chi connectivity index (χ2n) is 10.9. The third kappa shape index (κ3) is 4.49. The zero-order chi connectivity index (χ0) is 27.9. The molecule has 7 atom stereocenters. The average Bonchev–Trinajstić information content (AvgIpc) is 3.54. The number of aliphatic hydroxyl groups excluding tert-OH is 1. The van der Waals surface area contributed by atoms with Gasteiger partial charge in [0.1, 0.15) is 6.04 Å². The number of hydrogen-bond donors (Lipinski definition) is 3. The molecule has 0 aromatic heterocycles. The first-order chi connectivity index (χ1) is 18.8. The SMILES string of the molecule is CCN(CC)c1ccc(NC(=O)C2N([C@H](C)CO)C(=O)[C@@H]3[C@@H](C(=O)Nc4ccccc4)[C@H]4CC(C)C23S4)cc1. The molecule has 2 aromatic carbocycles. The number of para-hydroxylation sites is 1. The lowest BCUT2D eigenvalue weighted by atomic mass is 9.66. The lowest BCUT2D eigenvalue weighted by molar-refractivity contribution is -0.140. The van der Waals surface area contributed by atoms with E-state index in [1.807, 2.05) is 54.6 Å². The lowest BCUT2D eigenvalue weighted by Gasteiger charge is -2.39. The number of carbonyl (C=O) groups is 3. The van der Waals surface area contributed by atoms with Crippen molar-refractivity contribution in [3.8, 4) is 0 Å². The Morgan fingerprint density at radius 3 is 2.28 bits per heavy atom. The fourth-order valence-electron chi connectivity index (χ4n) is 6.92. The predicted molar refractivity (Wildman–Crippen MR) is 156 cm³/mol. The molecule has 9 heteroatoms. The van der Waals surface area contributed by atoms with E-state index in [1.165, 1.54) is 0 Å². The number of hydrogen-bond acceptors (Lipinski definition) is 6. The van der Waals surface area contributed by atoms with Gasteiger partial charge in [-0.15, -0.1) is 11.8 Å². The molecule has 5 rings (SSSR count). The van der Waals surface area contributed by atoms with Crippen molar-refractivity contribution in [1.82, 2.24) is 4.90 Å². The Morgan fingerprint density at radius 1 is 1.05 bits per heavy atom. The summed E-state index contributed by atoms with van der Waals surface area (Å²) in [7, 11) is 0. The van der Waals surface area contributed by atoms with Crippen LogP contribution >= 0.6 is 11.8 Å². The van der Waals surface area contributed by atoms with E-state index in [0.29, 0.717) is 11.4 Å². The number of likely N-dealkylation sites (tertiary alicyclic amines) is 1. The summed E-state index contributed by atoms with van der Waals surface area (Å²) in [5.41, 5.74) is 2.42.